The summed E-state index contributed by atoms with van der Waals surface area (Å²) < 4.78 is 32.2. The van der Waals surface area contributed by atoms with E-state index in [1.54, 1.807) is 38.1 Å². The highest BCUT2D eigenvalue weighted by molar-refractivity contribution is 7.89. The van der Waals surface area contributed by atoms with Crippen molar-refractivity contribution in [2.24, 2.45) is 0 Å². The second kappa shape index (κ2) is 6.78. The molecule has 134 valence electrons. The Kier molecular flexibility index (Phi) is 4.86. The van der Waals surface area contributed by atoms with Crippen LogP contribution < -0.4 is 5.32 Å². The summed E-state index contributed by atoms with van der Waals surface area (Å²) in [7, 11) is -3.85. The van der Waals surface area contributed by atoms with Crippen LogP contribution in [0.5, 0.6) is 0 Å². The first-order valence-corrected chi connectivity index (χ1v) is 9.63. The molecule has 9 heteroatoms. The predicted molar refractivity (Wildman–Crippen MR) is 93.0 cm³/mol. The highest BCUT2D eigenvalue weighted by Crippen LogP contribution is 2.30. The lowest BCUT2D eigenvalue weighted by Crippen LogP contribution is -2.43. The molecule has 1 amide bonds. The third-order valence-corrected chi connectivity index (χ3v) is 6.56. The van der Waals surface area contributed by atoms with Crippen LogP contribution in [0.3, 0.4) is 0 Å². The number of amides is 1. The molecule has 0 bridgehead atoms. The Bertz CT molecular complexity index is 873. The van der Waals surface area contributed by atoms with Crippen LogP contribution in [0, 0.1) is 13.8 Å². The number of aromatic nitrogens is 1. The Morgan fingerprint density at radius 3 is 2.60 bits per heavy atom. The van der Waals surface area contributed by atoms with Gasteiger partial charge in [0.2, 0.25) is 15.9 Å². The van der Waals surface area contributed by atoms with Gasteiger partial charge in [-0.05, 0) is 51.0 Å². The number of rotatable bonds is 4. The van der Waals surface area contributed by atoms with E-state index in [9.17, 15) is 13.2 Å². The number of aryl methyl sites for hydroxylation is 2. The zero-order chi connectivity index (χ0) is 18.2. The summed E-state index contributed by atoms with van der Waals surface area (Å²) in [4.78, 5) is 12.6. The molecule has 1 aliphatic heterocycles. The fourth-order valence-corrected chi connectivity index (χ4v) is 5.09. The van der Waals surface area contributed by atoms with Crippen molar-refractivity contribution in [1.82, 2.24) is 9.46 Å². The highest BCUT2D eigenvalue weighted by atomic mass is 35.5. The van der Waals surface area contributed by atoms with Gasteiger partial charge in [-0.3, -0.25) is 4.79 Å². The van der Waals surface area contributed by atoms with E-state index in [0.29, 0.717) is 29.2 Å². The number of halogens is 1. The van der Waals surface area contributed by atoms with Crippen LogP contribution in [-0.2, 0) is 14.8 Å². The molecule has 1 aromatic carbocycles. The molecule has 0 spiro atoms. The summed E-state index contributed by atoms with van der Waals surface area (Å²) >= 11 is 5.83. The fraction of sp³-hybridized carbons (Fsp3) is 0.375. The number of anilines is 1. The van der Waals surface area contributed by atoms with Gasteiger partial charge in [-0.2, -0.15) is 4.31 Å². The second-order valence-electron chi connectivity index (χ2n) is 5.92. The van der Waals surface area contributed by atoms with Crippen LogP contribution >= 0.6 is 11.6 Å². The summed E-state index contributed by atoms with van der Waals surface area (Å²) in [6.07, 6.45) is 1.07. The molecular formula is C16H18ClN3O4S. The maximum absolute atomic E-state index is 13.0. The molecule has 1 fully saturated rings. The first-order chi connectivity index (χ1) is 11.8. The van der Waals surface area contributed by atoms with Crippen molar-refractivity contribution in [2.45, 2.75) is 37.6 Å². The number of hydrogen-bond donors (Lipinski definition) is 1. The minimum atomic E-state index is -3.85. The van der Waals surface area contributed by atoms with E-state index in [-0.39, 0.29) is 23.1 Å². The molecular weight excluding hydrogens is 366 g/mol. The summed E-state index contributed by atoms with van der Waals surface area (Å²) in [5, 5.41) is 7.01. The van der Waals surface area contributed by atoms with Gasteiger partial charge in [-0.15, -0.1) is 0 Å². The Balaban J connectivity index is 1.85. The molecule has 1 saturated heterocycles. The largest absolute Gasteiger partial charge is 0.360 e. The van der Waals surface area contributed by atoms with E-state index in [4.69, 9.17) is 16.1 Å². The smallest absolute Gasteiger partial charge is 0.249 e. The number of hydrogen-bond acceptors (Lipinski definition) is 5. The van der Waals surface area contributed by atoms with Gasteiger partial charge in [-0.25, -0.2) is 8.42 Å². The van der Waals surface area contributed by atoms with E-state index in [0.717, 1.165) is 0 Å². The van der Waals surface area contributed by atoms with Crippen LogP contribution in [0.2, 0.25) is 5.02 Å². The van der Waals surface area contributed by atoms with Gasteiger partial charge < -0.3 is 9.84 Å². The molecule has 0 radical (unpaired) electrons. The van der Waals surface area contributed by atoms with Gasteiger partial charge in [0.1, 0.15) is 16.6 Å². The number of nitrogens with zero attached hydrogens (tertiary/aromatic N) is 2. The number of benzene rings is 1. The Hall–Kier alpha value is -1.90. The fourth-order valence-electron chi connectivity index (χ4n) is 3.01. The lowest BCUT2D eigenvalue weighted by molar-refractivity contribution is -0.119. The van der Waals surface area contributed by atoms with Crippen LogP contribution in [0.25, 0.3) is 0 Å². The minimum absolute atomic E-state index is 0.0405. The highest BCUT2D eigenvalue weighted by Gasteiger charge is 2.41. The van der Waals surface area contributed by atoms with E-state index < -0.39 is 16.1 Å². The number of nitrogens with one attached hydrogen (secondary N) is 1. The molecule has 0 unspecified atom stereocenters. The summed E-state index contributed by atoms with van der Waals surface area (Å²) in [6.45, 7) is 3.40. The molecule has 0 aliphatic carbocycles. The monoisotopic (exact) mass is 383 g/mol. The molecule has 1 atom stereocenters. The van der Waals surface area contributed by atoms with Crippen molar-refractivity contribution in [3.05, 3.63) is 40.7 Å². The quantitative estimate of drug-likeness (QED) is 0.876. The summed E-state index contributed by atoms with van der Waals surface area (Å²) in [5.74, 6) is -0.142. The third kappa shape index (κ3) is 3.42. The van der Waals surface area contributed by atoms with Crippen molar-refractivity contribution in [3.63, 3.8) is 0 Å². The summed E-state index contributed by atoms with van der Waals surface area (Å²) in [5.41, 5.74) is 0.859. The van der Waals surface area contributed by atoms with Crippen LogP contribution in [-0.4, -0.2) is 36.4 Å². The van der Waals surface area contributed by atoms with Crippen LogP contribution in [0.4, 0.5) is 5.69 Å². The molecule has 1 aliphatic rings. The van der Waals surface area contributed by atoms with Crippen molar-refractivity contribution in [2.75, 3.05) is 11.9 Å². The molecule has 1 aromatic heterocycles. The molecule has 0 saturated carbocycles. The van der Waals surface area contributed by atoms with Crippen LogP contribution in [0.1, 0.15) is 24.3 Å². The van der Waals surface area contributed by atoms with Crippen molar-refractivity contribution >= 4 is 33.2 Å². The average Bonchev–Trinajstić information content (AvgIpc) is 3.17. The maximum Gasteiger partial charge on any atom is 0.249 e. The zero-order valence-electron chi connectivity index (χ0n) is 13.8. The van der Waals surface area contributed by atoms with Gasteiger partial charge in [0.15, 0.2) is 5.76 Å². The molecule has 25 heavy (non-hydrogen) atoms. The Morgan fingerprint density at radius 1 is 1.32 bits per heavy atom. The number of carbonyl (C=O) groups is 1. The van der Waals surface area contributed by atoms with Crippen molar-refractivity contribution in [3.8, 4) is 0 Å². The lowest BCUT2D eigenvalue weighted by atomic mass is 10.2. The Labute approximate surface area is 151 Å². The van der Waals surface area contributed by atoms with E-state index in [2.05, 4.69) is 10.5 Å². The molecule has 7 nitrogen and oxygen atoms in total. The standard InChI is InChI=1S/C16H18ClN3O4S/c1-10-15(11(2)24-19-10)25(22,23)20-9-3-4-14(20)16(21)18-13-7-5-12(17)6-8-13/h5-8,14H,3-4,9H2,1-2H3,(H,18,21)/t14-/m0/s1. The van der Waals surface area contributed by atoms with E-state index in [1.165, 1.54) is 4.31 Å². The van der Waals surface area contributed by atoms with Gasteiger partial charge in [-0.1, -0.05) is 16.8 Å². The number of sulfonamides is 1. The van der Waals surface area contributed by atoms with Gasteiger partial charge >= 0.3 is 0 Å². The SMILES string of the molecule is Cc1noc(C)c1S(=O)(=O)N1CCC[C@H]1C(=O)Nc1ccc(Cl)cc1. The van der Waals surface area contributed by atoms with Gasteiger partial charge in [0, 0.05) is 17.3 Å². The average molecular weight is 384 g/mol. The molecule has 3 rings (SSSR count). The van der Waals surface area contributed by atoms with Crippen molar-refractivity contribution in [1.29, 1.82) is 0 Å². The predicted octanol–water partition coefficient (Wildman–Crippen LogP) is 2.74. The summed E-state index contributed by atoms with van der Waals surface area (Å²) in [6, 6.07) is 5.88. The molecule has 2 heterocycles. The minimum Gasteiger partial charge on any atom is -0.360 e. The van der Waals surface area contributed by atoms with Gasteiger partial charge in [0.05, 0.1) is 0 Å². The lowest BCUT2D eigenvalue weighted by Gasteiger charge is -2.23. The molecule has 1 N–H and O–H groups in total. The number of carbonyl (C=O) groups excluding carboxylic acids is 1. The third-order valence-electron chi connectivity index (χ3n) is 4.15. The first kappa shape index (κ1) is 17.9. The van der Waals surface area contributed by atoms with Crippen LogP contribution in [0.15, 0.2) is 33.7 Å². The second-order valence-corrected chi connectivity index (χ2v) is 8.19. The maximum atomic E-state index is 13.0. The normalized spacial score (nSPS) is 18.4. The van der Waals surface area contributed by atoms with E-state index in [1.807, 2.05) is 0 Å². The topological polar surface area (TPSA) is 92.5 Å². The van der Waals surface area contributed by atoms with E-state index >= 15 is 0 Å². The van der Waals surface area contributed by atoms with Crippen molar-refractivity contribution < 1.29 is 17.7 Å². The Morgan fingerprint density at radius 2 is 2.00 bits per heavy atom. The molecule has 2 aromatic rings. The van der Waals surface area contributed by atoms with Gasteiger partial charge in [0.25, 0.3) is 0 Å². The first-order valence-electron chi connectivity index (χ1n) is 7.82. The zero-order valence-corrected chi connectivity index (χ0v) is 15.4.